The summed E-state index contributed by atoms with van der Waals surface area (Å²) in [5.41, 5.74) is 7.12. The minimum Gasteiger partial charge on any atom is -0.352 e. The topological polar surface area (TPSA) is 95.8 Å². The van der Waals surface area contributed by atoms with Crippen LogP contribution in [0.3, 0.4) is 0 Å². The maximum Gasteiger partial charge on any atom is 0.312 e. The molecule has 0 spiro atoms. The molecular formula is C11H15N5OS. The number of hydrogen-bond acceptors (Lipinski definition) is 4. The fraction of sp³-hybridized carbons (Fsp3) is 0.273. The zero-order valence-electron chi connectivity index (χ0n) is 9.77. The number of thiophene rings is 1. The molecule has 0 aliphatic carbocycles. The third-order valence-corrected chi connectivity index (χ3v) is 3.29. The highest BCUT2D eigenvalue weighted by Crippen LogP contribution is 2.25. The summed E-state index contributed by atoms with van der Waals surface area (Å²) >= 11 is 1.67. The molecule has 7 heteroatoms. The van der Waals surface area contributed by atoms with Crippen molar-refractivity contribution in [2.45, 2.75) is 6.54 Å². The van der Waals surface area contributed by atoms with Crippen LogP contribution in [-0.4, -0.2) is 29.3 Å². The molecule has 2 rings (SSSR count). The van der Waals surface area contributed by atoms with E-state index in [9.17, 15) is 4.79 Å². The van der Waals surface area contributed by atoms with Gasteiger partial charge in [0.1, 0.15) is 0 Å². The predicted octanol–water partition coefficient (Wildman–Crippen LogP) is 0.896. The first kappa shape index (κ1) is 12.6. The second-order valence-electron chi connectivity index (χ2n) is 3.72. The van der Waals surface area contributed by atoms with Crippen molar-refractivity contribution in [3.05, 3.63) is 29.3 Å². The molecule has 6 nitrogen and oxygen atoms in total. The van der Waals surface area contributed by atoms with Gasteiger partial charge in [0.2, 0.25) is 0 Å². The van der Waals surface area contributed by atoms with Crippen LogP contribution in [0.1, 0.15) is 5.56 Å². The van der Waals surface area contributed by atoms with Gasteiger partial charge in [-0.05, 0) is 11.4 Å². The van der Waals surface area contributed by atoms with Gasteiger partial charge in [0.05, 0.1) is 16.8 Å². The zero-order valence-corrected chi connectivity index (χ0v) is 10.6. The minimum absolute atomic E-state index is 0.501. The molecule has 2 aromatic rings. The van der Waals surface area contributed by atoms with E-state index in [-0.39, 0.29) is 0 Å². The molecule has 0 aromatic carbocycles. The van der Waals surface area contributed by atoms with Crippen molar-refractivity contribution in [1.82, 2.24) is 20.8 Å². The monoisotopic (exact) mass is 265 g/mol. The maximum absolute atomic E-state index is 10.5. The van der Waals surface area contributed by atoms with Gasteiger partial charge in [-0.1, -0.05) is 6.07 Å². The van der Waals surface area contributed by atoms with Gasteiger partial charge in [-0.15, -0.1) is 11.3 Å². The number of H-pyrrole nitrogens is 1. The number of carbonyl (C=O) groups is 1. The molecule has 0 aliphatic heterocycles. The number of nitrogens with zero attached hydrogens (tertiary/aromatic N) is 1. The van der Waals surface area contributed by atoms with Crippen LogP contribution in [-0.2, 0) is 6.54 Å². The zero-order chi connectivity index (χ0) is 12.8. The largest absolute Gasteiger partial charge is 0.352 e. The molecule has 2 amide bonds. The number of rotatable bonds is 6. The van der Waals surface area contributed by atoms with Crippen molar-refractivity contribution in [3.63, 3.8) is 0 Å². The highest BCUT2D eigenvalue weighted by atomic mass is 32.1. The third-order valence-electron chi connectivity index (χ3n) is 2.40. The Labute approximate surface area is 109 Å². The van der Waals surface area contributed by atoms with Crippen molar-refractivity contribution >= 4 is 17.4 Å². The van der Waals surface area contributed by atoms with Crippen LogP contribution in [0.5, 0.6) is 0 Å². The molecule has 18 heavy (non-hydrogen) atoms. The number of hydrogen-bond donors (Lipinski definition) is 4. The normalized spacial score (nSPS) is 10.4. The lowest BCUT2D eigenvalue weighted by Gasteiger charge is -2.05. The molecule has 0 aliphatic rings. The Morgan fingerprint density at radius 2 is 2.39 bits per heavy atom. The summed E-state index contributed by atoms with van der Waals surface area (Å²) in [5, 5.41) is 14.8. The van der Waals surface area contributed by atoms with Gasteiger partial charge in [0.25, 0.3) is 0 Å². The molecule has 0 radical (unpaired) electrons. The van der Waals surface area contributed by atoms with Crippen LogP contribution in [0.25, 0.3) is 10.6 Å². The second-order valence-corrected chi connectivity index (χ2v) is 4.66. The van der Waals surface area contributed by atoms with Crippen LogP contribution in [0, 0.1) is 0 Å². The van der Waals surface area contributed by atoms with Gasteiger partial charge < -0.3 is 16.4 Å². The highest BCUT2D eigenvalue weighted by molar-refractivity contribution is 7.13. The number of carbonyl (C=O) groups excluding carboxylic acids is 1. The average Bonchev–Trinajstić information content (AvgIpc) is 2.97. The number of aromatic amines is 1. The standard InChI is InChI=1S/C11H15N5OS/c12-11(17)14-4-3-13-6-8-7-15-16-10(8)9-2-1-5-18-9/h1-2,5,7,13H,3-4,6H2,(H,15,16)(H3,12,14,17). The van der Waals surface area contributed by atoms with Gasteiger partial charge >= 0.3 is 6.03 Å². The van der Waals surface area contributed by atoms with Crippen molar-refractivity contribution < 1.29 is 4.79 Å². The molecule has 2 aromatic heterocycles. The lowest BCUT2D eigenvalue weighted by molar-refractivity contribution is 0.249. The summed E-state index contributed by atoms with van der Waals surface area (Å²) in [4.78, 5) is 11.6. The quantitative estimate of drug-likeness (QED) is 0.584. The van der Waals surface area contributed by atoms with Crippen molar-refractivity contribution in [3.8, 4) is 10.6 Å². The average molecular weight is 265 g/mol. The smallest absolute Gasteiger partial charge is 0.312 e. The summed E-state index contributed by atoms with van der Waals surface area (Å²) in [6.07, 6.45) is 1.81. The molecule has 96 valence electrons. The van der Waals surface area contributed by atoms with E-state index in [1.54, 1.807) is 11.3 Å². The van der Waals surface area contributed by atoms with Gasteiger partial charge in [0.15, 0.2) is 0 Å². The molecule has 5 N–H and O–H groups in total. The number of primary amides is 1. The molecule has 0 saturated carbocycles. The van der Waals surface area contributed by atoms with E-state index in [4.69, 9.17) is 5.73 Å². The Bertz CT molecular complexity index is 493. The molecule has 0 bridgehead atoms. The summed E-state index contributed by atoms with van der Waals surface area (Å²) in [7, 11) is 0. The Balaban J connectivity index is 1.83. The second kappa shape index (κ2) is 6.18. The van der Waals surface area contributed by atoms with Crippen LogP contribution in [0.4, 0.5) is 4.79 Å². The molecule has 2 heterocycles. The Morgan fingerprint density at radius 3 is 3.11 bits per heavy atom. The van der Waals surface area contributed by atoms with Crippen LogP contribution in [0.2, 0.25) is 0 Å². The van der Waals surface area contributed by atoms with Gasteiger partial charge in [-0.25, -0.2) is 4.79 Å². The molecule has 0 unspecified atom stereocenters. The summed E-state index contributed by atoms with van der Waals surface area (Å²) < 4.78 is 0. The van der Waals surface area contributed by atoms with Crippen molar-refractivity contribution in [2.75, 3.05) is 13.1 Å². The first-order valence-corrected chi connectivity index (χ1v) is 6.45. The summed E-state index contributed by atoms with van der Waals surface area (Å²) in [6, 6.07) is 3.56. The summed E-state index contributed by atoms with van der Waals surface area (Å²) in [5.74, 6) is 0. The first-order chi connectivity index (χ1) is 8.77. The van der Waals surface area contributed by atoms with E-state index >= 15 is 0 Å². The van der Waals surface area contributed by atoms with Crippen LogP contribution < -0.4 is 16.4 Å². The molecule has 0 atom stereocenters. The number of aromatic nitrogens is 2. The van der Waals surface area contributed by atoms with Gasteiger partial charge in [-0.3, -0.25) is 5.10 Å². The fourth-order valence-electron chi connectivity index (χ4n) is 1.58. The van der Waals surface area contributed by atoms with E-state index < -0.39 is 6.03 Å². The number of urea groups is 1. The Kier molecular flexibility index (Phi) is 4.32. The molecule has 0 fully saturated rings. The Morgan fingerprint density at radius 1 is 1.50 bits per heavy atom. The number of amides is 2. The van der Waals surface area contributed by atoms with E-state index in [1.165, 1.54) is 4.88 Å². The van der Waals surface area contributed by atoms with Gasteiger partial charge in [0, 0.05) is 25.2 Å². The minimum atomic E-state index is -0.501. The van der Waals surface area contributed by atoms with Crippen LogP contribution >= 0.6 is 11.3 Å². The third kappa shape index (κ3) is 3.31. The van der Waals surface area contributed by atoms with E-state index in [0.29, 0.717) is 19.6 Å². The van der Waals surface area contributed by atoms with E-state index in [1.807, 2.05) is 17.6 Å². The highest BCUT2D eigenvalue weighted by Gasteiger charge is 2.07. The van der Waals surface area contributed by atoms with Crippen molar-refractivity contribution in [2.24, 2.45) is 5.73 Å². The lowest BCUT2D eigenvalue weighted by Crippen LogP contribution is -2.35. The fourth-order valence-corrected chi connectivity index (χ4v) is 2.33. The van der Waals surface area contributed by atoms with E-state index in [0.717, 1.165) is 11.3 Å². The first-order valence-electron chi connectivity index (χ1n) is 5.57. The number of nitrogens with two attached hydrogens (primary N) is 1. The number of nitrogens with one attached hydrogen (secondary N) is 3. The molecule has 0 saturated heterocycles. The van der Waals surface area contributed by atoms with Crippen molar-refractivity contribution in [1.29, 1.82) is 0 Å². The predicted molar refractivity (Wildman–Crippen MR) is 71.2 cm³/mol. The maximum atomic E-state index is 10.5. The van der Waals surface area contributed by atoms with Gasteiger partial charge in [-0.2, -0.15) is 5.10 Å². The van der Waals surface area contributed by atoms with Crippen LogP contribution in [0.15, 0.2) is 23.7 Å². The Hall–Kier alpha value is -1.86. The molecular weight excluding hydrogens is 250 g/mol. The summed E-state index contributed by atoms with van der Waals surface area (Å²) in [6.45, 7) is 1.88. The van der Waals surface area contributed by atoms with E-state index in [2.05, 4.69) is 26.9 Å². The SMILES string of the molecule is NC(=O)NCCNCc1cn[nH]c1-c1cccs1. The lowest BCUT2D eigenvalue weighted by atomic mass is 10.2.